The monoisotopic (exact) mass is 306 g/mol. The molecular weight excluding hydrogens is 288 g/mol. The molecule has 112 valence electrons. The molecule has 0 atom stereocenters. The molecular formula is C15H18N2O3S. The fourth-order valence-electron chi connectivity index (χ4n) is 2.81. The number of likely N-dealkylation sites (N-methyl/N-ethyl adjacent to an activating group) is 1. The van der Waals surface area contributed by atoms with Crippen LogP contribution < -0.4 is 0 Å². The molecule has 0 aliphatic heterocycles. The van der Waals surface area contributed by atoms with Crippen LogP contribution >= 0.6 is 11.3 Å². The summed E-state index contributed by atoms with van der Waals surface area (Å²) >= 11 is 1.54. The van der Waals surface area contributed by atoms with E-state index in [0.717, 1.165) is 30.6 Å². The third-order valence-electron chi connectivity index (χ3n) is 3.91. The molecule has 1 aliphatic carbocycles. The van der Waals surface area contributed by atoms with E-state index < -0.39 is 5.60 Å². The second kappa shape index (κ2) is 5.61. The molecule has 1 aliphatic rings. The van der Waals surface area contributed by atoms with Crippen molar-refractivity contribution in [2.75, 3.05) is 13.6 Å². The zero-order chi connectivity index (χ0) is 14.9. The van der Waals surface area contributed by atoms with E-state index >= 15 is 0 Å². The molecule has 0 saturated heterocycles. The minimum absolute atomic E-state index is 0.220. The third kappa shape index (κ3) is 3.01. The van der Waals surface area contributed by atoms with Crippen molar-refractivity contribution in [2.45, 2.75) is 31.3 Å². The van der Waals surface area contributed by atoms with Crippen molar-refractivity contribution in [3.05, 3.63) is 29.3 Å². The van der Waals surface area contributed by atoms with Gasteiger partial charge in [-0.3, -0.25) is 4.79 Å². The zero-order valence-electron chi connectivity index (χ0n) is 11.9. The van der Waals surface area contributed by atoms with Crippen LogP contribution in [0.5, 0.6) is 0 Å². The van der Waals surface area contributed by atoms with Gasteiger partial charge >= 0.3 is 0 Å². The molecule has 0 bridgehead atoms. The molecule has 0 spiro atoms. The summed E-state index contributed by atoms with van der Waals surface area (Å²) in [6.07, 6.45) is 3.55. The fourth-order valence-corrected chi connectivity index (χ4v) is 3.48. The Bertz CT molecular complexity index is 615. The SMILES string of the molecule is CN(CC1(O)CCCC1)C(=O)c1cc(-c2cccs2)on1. The van der Waals surface area contributed by atoms with Crippen LogP contribution in [0.2, 0.25) is 0 Å². The van der Waals surface area contributed by atoms with Gasteiger partial charge in [-0.15, -0.1) is 11.3 Å². The van der Waals surface area contributed by atoms with Crippen molar-refractivity contribution in [3.63, 3.8) is 0 Å². The first kappa shape index (κ1) is 14.3. The fraction of sp³-hybridized carbons (Fsp3) is 0.467. The average molecular weight is 306 g/mol. The van der Waals surface area contributed by atoms with E-state index in [1.165, 1.54) is 16.2 Å². The molecule has 1 N–H and O–H groups in total. The lowest BCUT2D eigenvalue weighted by Gasteiger charge is -2.28. The van der Waals surface area contributed by atoms with Crippen LogP contribution in [0.4, 0.5) is 0 Å². The molecule has 1 saturated carbocycles. The number of carbonyl (C=O) groups excluding carboxylic acids is 1. The summed E-state index contributed by atoms with van der Waals surface area (Å²) in [5.74, 6) is 0.378. The highest BCUT2D eigenvalue weighted by Gasteiger charge is 2.34. The zero-order valence-corrected chi connectivity index (χ0v) is 12.7. The van der Waals surface area contributed by atoms with Gasteiger partial charge in [0, 0.05) is 19.7 Å². The number of hydrogen-bond donors (Lipinski definition) is 1. The van der Waals surface area contributed by atoms with Crippen LogP contribution in [0.25, 0.3) is 10.6 Å². The lowest BCUT2D eigenvalue weighted by Crippen LogP contribution is -2.42. The molecule has 6 heteroatoms. The van der Waals surface area contributed by atoms with E-state index in [1.54, 1.807) is 13.1 Å². The van der Waals surface area contributed by atoms with Gasteiger partial charge in [0.15, 0.2) is 11.5 Å². The van der Waals surface area contributed by atoms with Gasteiger partial charge in [0.05, 0.1) is 10.5 Å². The van der Waals surface area contributed by atoms with E-state index in [1.807, 2.05) is 17.5 Å². The molecule has 0 radical (unpaired) electrons. The Morgan fingerprint density at radius 3 is 2.95 bits per heavy atom. The van der Waals surface area contributed by atoms with Gasteiger partial charge in [-0.2, -0.15) is 0 Å². The molecule has 21 heavy (non-hydrogen) atoms. The van der Waals surface area contributed by atoms with Crippen LogP contribution in [0.3, 0.4) is 0 Å². The second-order valence-electron chi connectivity index (χ2n) is 5.65. The van der Waals surface area contributed by atoms with Crippen LogP contribution in [0.15, 0.2) is 28.1 Å². The Balaban J connectivity index is 1.70. The van der Waals surface area contributed by atoms with E-state index in [4.69, 9.17) is 4.52 Å². The van der Waals surface area contributed by atoms with Crippen LogP contribution in [0, 0.1) is 0 Å². The Morgan fingerprint density at radius 2 is 2.29 bits per heavy atom. The molecule has 0 unspecified atom stereocenters. The number of thiophene rings is 1. The Hall–Kier alpha value is -1.66. The van der Waals surface area contributed by atoms with E-state index in [2.05, 4.69) is 5.16 Å². The molecule has 1 fully saturated rings. The van der Waals surface area contributed by atoms with Crippen LogP contribution in [-0.4, -0.2) is 40.3 Å². The Labute approximate surface area is 127 Å². The maximum absolute atomic E-state index is 12.4. The van der Waals surface area contributed by atoms with Crippen molar-refractivity contribution in [2.24, 2.45) is 0 Å². The van der Waals surface area contributed by atoms with Gasteiger partial charge in [0.25, 0.3) is 5.91 Å². The Kier molecular flexibility index (Phi) is 3.82. The first-order valence-corrected chi connectivity index (χ1v) is 7.94. The van der Waals surface area contributed by atoms with Crippen molar-refractivity contribution >= 4 is 17.2 Å². The van der Waals surface area contributed by atoms with E-state index in [9.17, 15) is 9.90 Å². The Morgan fingerprint density at radius 1 is 1.52 bits per heavy atom. The highest BCUT2D eigenvalue weighted by molar-refractivity contribution is 7.13. The quantitative estimate of drug-likeness (QED) is 0.943. The van der Waals surface area contributed by atoms with Gasteiger partial charge < -0.3 is 14.5 Å². The topological polar surface area (TPSA) is 66.6 Å². The largest absolute Gasteiger partial charge is 0.388 e. The summed E-state index contributed by atoms with van der Waals surface area (Å²) in [7, 11) is 1.69. The average Bonchev–Trinajstić information content (AvgIpc) is 3.18. The van der Waals surface area contributed by atoms with E-state index in [-0.39, 0.29) is 11.6 Å². The number of rotatable bonds is 4. The van der Waals surface area contributed by atoms with Gasteiger partial charge in [-0.1, -0.05) is 24.1 Å². The number of hydrogen-bond acceptors (Lipinski definition) is 5. The molecule has 3 rings (SSSR count). The van der Waals surface area contributed by atoms with Gasteiger partial charge in [-0.25, -0.2) is 0 Å². The summed E-state index contributed by atoms with van der Waals surface area (Å²) in [5.41, 5.74) is -0.465. The van der Waals surface area contributed by atoms with Crippen LogP contribution in [0.1, 0.15) is 36.2 Å². The van der Waals surface area contributed by atoms with Crippen molar-refractivity contribution < 1.29 is 14.4 Å². The van der Waals surface area contributed by atoms with Crippen LogP contribution in [-0.2, 0) is 0 Å². The number of nitrogens with zero attached hydrogens (tertiary/aromatic N) is 2. The first-order chi connectivity index (χ1) is 10.1. The maximum atomic E-state index is 12.4. The predicted molar refractivity (Wildman–Crippen MR) is 80.2 cm³/mol. The molecule has 2 heterocycles. The number of carbonyl (C=O) groups is 1. The smallest absolute Gasteiger partial charge is 0.275 e. The predicted octanol–water partition coefficient (Wildman–Crippen LogP) is 2.78. The summed E-state index contributed by atoms with van der Waals surface area (Å²) in [5, 5.41) is 16.2. The summed E-state index contributed by atoms with van der Waals surface area (Å²) in [6, 6.07) is 5.50. The number of aliphatic hydroxyl groups is 1. The first-order valence-electron chi connectivity index (χ1n) is 7.06. The van der Waals surface area contributed by atoms with Gasteiger partial charge in [0.1, 0.15) is 0 Å². The summed E-state index contributed by atoms with van der Waals surface area (Å²) in [4.78, 5) is 14.8. The highest BCUT2D eigenvalue weighted by atomic mass is 32.1. The lowest BCUT2D eigenvalue weighted by molar-refractivity contribution is 0.0153. The summed E-state index contributed by atoms with van der Waals surface area (Å²) < 4.78 is 5.23. The van der Waals surface area contributed by atoms with E-state index in [0.29, 0.717) is 12.3 Å². The minimum atomic E-state index is -0.745. The normalized spacial score (nSPS) is 17.0. The van der Waals surface area contributed by atoms with Crippen molar-refractivity contribution in [1.29, 1.82) is 0 Å². The number of aromatic nitrogens is 1. The molecule has 5 nitrogen and oxygen atoms in total. The van der Waals surface area contributed by atoms with Gasteiger partial charge in [0.2, 0.25) is 0 Å². The van der Waals surface area contributed by atoms with Crippen molar-refractivity contribution in [3.8, 4) is 10.6 Å². The summed E-state index contributed by atoms with van der Waals surface area (Å²) in [6.45, 7) is 0.340. The third-order valence-corrected chi connectivity index (χ3v) is 4.79. The second-order valence-corrected chi connectivity index (χ2v) is 6.59. The molecule has 0 aromatic carbocycles. The maximum Gasteiger partial charge on any atom is 0.275 e. The molecule has 1 amide bonds. The lowest BCUT2D eigenvalue weighted by atomic mass is 10.0. The number of amides is 1. The molecule has 2 aromatic heterocycles. The minimum Gasteiger partial charge on any atom is -0.388 e. The van der Waals surface area contributed by atoms with Gasteiger partial charge in [-0.05, 0) is 24.3 Å². The standard InChI is InChI=1S/C15H18N2O3S/c1-17(10-15(19)6-2-3-7-15)14(18)11-9-12(20-16-11)13-5-4-8-21-13/h4-5,8-9,19H,2-3,6-7,10H2,1H3. The van der Waals surface area contributed by atoms with Crippen molar-refractivity contribution in [1.82, 2.24) is 10.1 Å². The highest BCUT2D eigenvalue weighted by Crippen LogP contribution is 2.30. The molecule has 2 aromatic rings.